The normalized spacial score (nSPS) is 16.1. The van der Waals surface area contributed by atoms with E-state index >= 15 is 0 Å². The molecule has 1 aliphatic rings. The van der Waals surface area contributed by atoms with Crippen molar-refractivity contribution in [1.29, 1.82) is 0 Å². The second kappa shape index (κ2) is 9.19. The van der Waals surface area contributed by atoms with E-state index in [9.17, 15) is 0 Å². The standard InChI is InChI=1S/C35H31BN2O2/c1-34(2)35(3,4)40-36(39-34)28-21-19-24(20-22-28)30-23-27-17-11-12-18-29(27)33-31(25-13-7-5-8-14-25)32(37-38(30)33)26-15-9-6-10-16-26/h5-23H,1-4H3. The van der Waals surface area contributed by atoms with E-state index in [2.05, 4.69) is 141 Å². The predicted octanol–water partition coefficient (Wildman–Crippen LogP) is 7.79. The molecule has 6 aromatic rings. The van der Waals surface area contributed by atoms with E-state index in [1.165, 1.54) is 10.8 Å². The van der Waals surface area contributed by atoms with Crippen molar-refractivity contribution in [3.05, 3.63) is 115 Å². The van der Waals surface area contributed by atoms with Crippen molar-refractivity contribution >= 4 is 28.9 Å². The van der Waals surface area contributed by atoms with Gasteiger partial charge in [-0.2, -0.15) is 5.10 Å². The summed E-state index contributed by atoms with van der Waals surface area (Å²) in [5, 5.41) is 7.64. The van der Waals surface area contributed by atoms with Crippen LogP contribution in [0, 0.1) is 0 Å². The summed E-state index contributed by atoms with van der Waals surface area (Å²) in [7, 11) is -0.394. The summed E-state index contributed by atoms with van der Waals surface area (Å²) in [4.78, 5) is 0. The SMILES string of the molecule is CC1(C)OB(c2ccc(-c3cc4ccccc4c4c(-c5ccccc5)c(-c5ccccc5)nn34)cc2)OC1(C)C. The van der Waals surface area contributed by atoms with Gasteiger partial charge in [0.1, 0.15) is 5.69 Å². The van der Waals surface area contributed by atoms with E-state index in [-0.39, 0.29) is 11.2 Å². The first-order valence-corrected chi connectivity index (χ1v) is 13.8. The van der Waals surface area contributed by atoms with Crippen LogP contribution in [0.15, 0.2) is 115 Å². The first-order chi connectivity index (χ1) is 19.3. The molecule has 7 rings (SSSR count). The Morgan fingerprint density at radius 1 is 0.625 bits per heavy atom. The zero-order valence-electron chi connectivity index (χ0n) is 23.3. The molecular weight excluding hydrogens is 491 g/mol. The van der Waals surface area contributed by atoms with E-state index in [4.69, 9.17) is 14.4 Å². The van der Waals surface area contributed by atoms with Crippen LogP contribution in [-0.4, -0.2) is 27.9 Å². The summed E-state index contributed by atoms with van der Waals surface area (Å²) < 4.78 is 14.7. The zero-order chi connectivity index (χ0) is 27.5. The molecule has 3 heterocycles. The summed E-state index contributed by atoms with van der Waals surface area (Å²) in [6.07, 6.45) is 0. The fraction of sp³-hybridized carbons (Fsp3) is 0.171. The van der Waals surface area contributed by atoms with Crippen molar-refractivity contribution in [2.75, 3.05) is 0 Å². The van der Waals surface area contributed by atoms with Gasteiger partial charge in [0.05, 0.1) is 22.4 Å². The van der Waals surface area contributed by atoms with E-state index in [0.29, 0.717) is 0 Å². The molecule has 40 heavy (non-hydrogen) atoms. The third kappa shape index (κ3) is 3.97. The third-order valence-electron chi connectivity index (χ3n) is 8.46. The number of rotatable bonds is 4. The van der Waals surface area contributed by atoms with Crippen LogP contribution in [0.4, 0.5) is 0 Å². The lowest BCUT2D eigenvalue weighted by atomic mass is 9.78. The number of hydrogen-bond donors (Lipinski definition) is 0. The highest BCUT2D eigenvalue weighted by Crippen LogP contribution is 2.41. The van der Waals surface area contributed by atoms with Crippen molar-refractivity contribution in [2.45, 2.75) is 38.9 Å². The second-order valence-electron chi connectivity index (χ2n) is 11.5. The average molecular weight is 522 g/mol. The summed E-state index contributed by atoms with van der Waals surface area (Å²) in [5.41, 5.74) is 7.83. The van der Waals surface area contributed by atoms with E-state index in [0.717, 1.165) is 44.6 Å². The Morgan fingerprint density at radius 3 is 1.85 bits per heavy atom. The predicted molar refractivity (Wildman–Crippen MR) is 165 cm³/mol. The lowest BCUT2D eigenvalue weighted by molar-refractivity contribution is 0.00578. The summed E-state index contributed by atoms with van der Waals surface area (Å²) in [5.74, 6) is 0. The van der Waals surface area contributed by atoms with Crippen LogP contribution in [0.2, 0.25) is 0 Å². The van der Waals surface area contributed by atoms with Gasteiger partial charge in [0.2, 0.25) is 0 Å². The summed E-state index contributed by atoms with van der Waals surface area (Å²) in [6, 6.07) is 40.4. The number of nitrogens with zero attached hydrogens (tertiary/aromatic N) is 2. The molecule has 0 bridgehead atoms. The Labute approximate surface area is 235 Å². The number of hydrogen-bond acceptors (Lipinski definition) is 3. The van der Waals surface area contributed by atoms with Gasteiger partial charge < -0.3 is 9.31 Å². The van der Waals surface area contributed by atoms with Gasteiger partial charge in [0, 0.05) is 22.1 Å². The topological polar surface area (TPSA) is 35.8 Å². The quantitative estimate of drug-likeness (QED) is 0.222. The molecule has 0 aliphatic carbocycles. The Kier molecular flexibility index (Phi) is 5.70. The molecule has 1 fully saturated rings. The molecule has 0 N–H and O–H groups in total. The van der Waals surface area contributed by atoms with Crippen molar-refractivity contribution < 1.29 is 9.31 Å². The molecule has 0 spiro atoms. The third-order valence-corrected chi connectivity index (χ3v) is 8.46. The van der Waals surface area contributed by atoms with Gasteiger partial charge in [0.15, 0.2) is 0 Å². The van der Waals surface area contributed by atoms with Crippen LogP contribution in [0.1, 0.15) is 27.7 Å². The van der Waals surface area contributed by atoms with Crippen molar-refractivity contribution in [1.82, 2.24) is 9.61 Å². The molecule has 1 saturated heterocycles. The highest BCUT2D eigenvalue weighted by atomic mass is 16.7. The molecule has 2 aromatic heterocycles. The highest BCUT2D eigenvalue weighted by molar-refractivity contribution is 6.62. The fourth-order valence-corrected chi connectivity index (χ4v) is 5.56. The first-order valence-electron chi connectivity index (χ1n) is 13.8. The lowest BCUT2D eigenvalue weighted by Gasteiger charge is -2.32. The minimum atomic E-state index is -0.394. The number of aromatic nitrogens is 2. The van der Waals surface area contributed by atoms with Crippen LogP contribution in [0.3, 0.4) is 0 Å². The zero-order valence-corrected chi connectivity index (χ0v) is 23.3. The maximum Gasteiger partial charge on any atom is 0.494 e. The molecule has 196 valence electrons. The number of fused-ring (bicyclic) bond motifs is 3. The van der Waals surface area contributed by atoms with Crippen LogP contribution < -0.4 is 5.46 Å². The van der Waals surface area contributed by atoms with Gasteiger partial charge in [-0.3, -0.25) is 0 Å². The van der Waals surface area contributed by atoms with E-state index < -0.39 is 7.12 Å². The van der Waals surface area contributed by atoms with Crippen LogP contribution in [0.5, 0.6) is 0 Å². The minimum absolute atomic E-state index is 0.377. The van der Waals surface area contributed by atoms with Crippen molar-refractivity contribution in [3.63, 3.8) is 0 Å². The smallest absolute Gasteiger partial charge is 0.399 e. The Hall–Kier alpha value is -4.19. The Bertz CT molecular complexity index is 1830. The van der Waals surface area contributed by atoms with Gasteiger partial charge in [-0.05, 0) is 50.2 Å². The van der Waals surface area contributed by atoms with Gasteiger partial charge in [-0.1, -0.05) is 109 Å². The van der Waals surface area contributed by atoms with Crippen LogP contribution in [0.25, 0.3) is 49.9 Å². The average Bonchev–Trinajstić information content (AvgIpc) is 3.48. The molecule has 4 nitrogen and oxygen atoms in total. The number of pyridine rings is 1. The molecular formula is C35H31BN2O2. The van der Waals surface area contributed by atoms with Crippen LogP contribution >= 0.6 is 0 Å². The summed E-state index contributed by atoms with van der Waals surface area (Å²) >= 11 is 0. The molecule has 5 heteroatoms. The molecule has 0 radical (unpaired) electrons. The van der Waals surface area contributed by atoms with Gasteiger partial charge >= 0.3 is 7.12 Å². The molecule has 1 aliphatic heterocycles. The number of benzene rings is 4. The van der Waals surface area contributed by atoms with E-state index in [1.54, 1.807) is 0 Å². The lowest BCUT2D eigenvalue weighted by Crippen LogP contribution is -2.41. The van der Waals surface area contributed by atoms with Crippen LogP contribution in [-0.2, 0) is 9.31 Å². The van der Waals surface area contributed by atoms with Gasteiger partial charge in [-0.25, -0.2) is 4.52 Å². The Morgan fingerprint density at radius 2 is 1.20 bits per heavy atom. The molecule has 0 amide bonds. The van der Waals surface area contributed by atoms with Crippen molar-refractivity contribution in [2.24, 2.45) is 0 Å². The molecule has 0 saturated carbocycles. The maximum absolute atomic E-state index is 6.30. The largest absolute Gasteiger partial charge is 0.494 e. The summed E-state index contributed by atoms with van der Waals surface area (Å²) in [6.45, 7) is 8.33. The minimum Gasteiger partial charge on any atom is -0.399 e. The maximum atomic E-state index is 6.30. The molecule has 0 atom stereocenters. The fourth-order valence-electron chi connectivity index (χ4n) is 5.56. The monoisotopic (exact) mass is 522 g/mol. The molecule has 0 unspecified atom stereocenters. The van der Waals surface area contributed by atoms with Gasteiger partial charge in [0.25, 0.3) is 0 Å². The first kappa shape index (κ1) is 24.8. The highest BCUT2D eigenvalue weighted by Gasteiger charge is 2.51. The van der Waals surface area contributed by atoms with E-state index in [1.807, 2.05) is 6.07 Å². The van der Waals surface area contributed by atoms with Gasteiger partial charge in [-0.15, -0.1) is 0 Å². The molecule has 4 aromatic carbocycles. The van der Waals surface area contributed by atoms with Crippen molar-refractivity contribution in [3.8, 4) is 33.6 Å². The second-order valence-corrected chi connectivity index (χ2v) is 11.5. The Balaban J connectivity index is 1.45.